The molecule has 7 nitrogen and oxygen atoms in total. The first-order chi connectivity index (χ1) is 13.9. The summed E-state index contributed by atoms with van der Waals surface area (Å²) >= 11 is 5.72. The zero-order valence-electron chi connectivity index (χ0n) is 14.5. The first-order valence-corrected chi connectivity index (χ1v) is 9.13. The van der Waals surface area contributed by atoms with E-state index >= 15 is 0 Å². The molecule has 12 heteroatoms. The molecule has 1 aliphatic heterocycles. The Kier molecular flexibility index (Phi) is 5.01. The minimum Gasteiger partial charge on any atom is -0.464 e. The molecule has 2 aromatic heterocycles. The molecule has 0 saturated carbocycles. The zero-order chi connectivity index (χ0) is 20.7. The van der Waals surface area contributed by atoms with E-state index in [0.717, 1.165) is 23.3 Å². The van der Waals surface area contributed by atoms with Gasteiger partial charge in [-0.2, -0.15) is 4.09 Å². The molecule has 0 aliphatic carbocycles. The lowest BCUT2D eigenvalue weighted by molar-refractivity contribution is 0.0595. The Labute approximate surface area is 171 Å². The van der Waals surface area contributed by atoms with Crippen molar-refractivity contribution < 1.29 is 22.2 Å². The van der Waals surface area contributed by atoms with Crippen LogP contribution in [0, 0.1) is 11.6 Å². The van der Waals surface area contributed by atoms with Crippen LogP contribution in [0.4, 0.5) is 24.0 Å². The average molecular weight is 442 g/mol. The van der Waals surface area contributed by atoms with Gasteiger partial charge in [0.25, 0.3) is 0 Å². The molecule has 3 aromatic rings. The minimum absolute atomic E-state index is 0.0168. The lowest BCUT2D eigenvalue weighted by Gasteiger charge is -2.21. The van der Waals surface area contributed by atoms with Crippen molar-refractivity contribution in [3.63, 3.8) is 0 Å². The van der Waals surface area contributed by atoms with Crippen molar-refractivity contribution >= 4 is 41.3 Å². The van der Waals surface area contributed by atoms with Crippen LogP contribution < -0.4 is 10.6 Å². The van der Waals surface area contributed by atoms with Gasteiger partial charge in [0.1, 0.15) is 28.6 Å². The molecule has 0 amide bonds. The van der Waals surface area contributed by atoms with E-state index in [1.807, 2.05) is 0 Å². The van der Waals surface area contributed by atoms with Crippen molar-refractivity contribution in [3.05, 3.63) is 58.5 Å². The molecule has 1 atom stereocenters. The fourth-order valence-electron chi connectivity index (χ4n) is 3.07. The van der Waals surface area contributed by atoms with E-state index in [0.29, 0.717) is 11.3 Å². The minimum atomic E-state index is -1.18. The smallest absolute Gasteiger partial charge is 0.360 e. The fourth-order valence-corrected chi connectivity index (χ4v) is 3.60. The van der Waals surface area contributed by atoms with Gasteiger partial charge in [0.15, 0.2) is 18.0 Å². The Bertz CT molecular complexity index is 1110. The summed E-state index contributed by atoms with van der Waals surface area (Å²) in [6.07, 6.45) is 0.156. The summed E-state index contributed by atoms with van der Waals surface area (Å²) in [4.78, 5) is 16.2. The molecule has 1 aromatic carbocycles. The molecule has 2 N–H and O–H groups in total. The molecule has 29 heavy (non-hydrogen) atoms. The highest BCUT2D eigenvalue weighted by Gasteiger charge is 2.33. The third-order valence-electron chi connectivity index (χ3n) is 4.30. The fraction of sp³-hybridized carbons (Fsp3) is 0.118. The van der Waals surface area contributed by atoms with Crippen LogP contribution in [0.3, 0.4) is 0 Å². The van der Waals surface area contributed by atoms with Crippen molar-refractivity contribution in [3.8, 4) is 11.3 Å². The van der Waals surface area contributed by atoms with Crippen molar-refractivity contribution in [1.82, 2.24) is 14.2 Å². The SMILES string of the molecule is COC(=O)c1nn(SF)c2c1NC(c1c(F)cccc1F)Nc1cnc(Cl)cc1-2. The molecule has 4 rings (SSSR count). The van der Waals surface area contributed by atoms with Crippen LogP contribution >= 0.6 is 23.9 Å². The number of aromatic nitrogens is 3. The van der Waals surface area contributed by atoms with Crippen molar-refractivity contribution in [2.45, 2.75) is 6.17 Å². The third-order valence-corrected chi connectivity index (χ3v) is 4.90. The van der Waals surface area contributed by atoms with E-state index in [9.17, 15) is 17.5 Å². The molecule has 3 heterocycles. The Balaban J connectivity index is 2.00. The summed E-state index contributed by atoms with van der Waals surface area (Å²) in [5.74, 6) is -2.51. The number of nitrogens with zero attached hydrogens (tertiary/aromatic N) is 3. The van der Waals surface area contributed by atoms with Crippen LogP contribution in [0.1, 0.15) is 22.2 Å². The van der Waals surface area contributed by atoms with Gasteiger partial charge >= 0.3 is 5.97 Å². The van der Waals surface area contributed by atoms with Crippen LogP contribution in [0.5, 0.6) is 0 Å². The van der Waals surface area contributed by atoms with Gasteiger partial charge in [-0.3, -0.25) is 0 Å². The Morgan fingerprint density at radius 2 is 2.03 bits per heavy atom. The molecule has 0 spiro atoms. The molecular weight excluding hydrogens is 431 g/mol. The van der Waals surface area contributed by atoms with Crippen LogP contribution in [0.2, 0.25) is 5.15 Å². The van der Waals surface area contributed by atoms with Gasteiger partial charge in [0.2, 0.25) is 0 Å². The first-order valence-electron chi connectivity index (χ1n) is 8.08. The summed E-state index contributed by atoms with van der Waals surface area (Å²) < 4.78 is 48.1. The summed E-state index contributed by atoms with van der Waals surface area (Å²) in [6, 6.07) is 4.83. The monoisotopic (exact) mass is 441 g/mol. The number of methoxy groups -OCH3 is 1. The van der Waals surface area contributed by atoms with Crippen LogP contribution in [0.15, 0.2) is 30.5 Å². The van der Waals surface area contributed by atoms with Gasteiger partial charge in [-0.25, -0.2) is 18.6 Å². The number of benzene rings is 1. The number of anilines is 2. The van der Waals surface area contributed by atoms with E-state index in [1.165, 1.54) is 18.3 Å². The van der Waals surface area contributed by atoms with Gasteiger partial charge < -0.3 is 15.4 Å². The topological polar surface area (TPSA) is 81.1 Å². The summed E-state index contributed by atoms with van der Waals surface area (Å²) in [5, 5.41) is 9.75. The van der Waals surface area contributed by atoms with Crippen LogP contribution in [-0.2, 0) is 4.74 Å². The number of pyridine rings is 1. The number of hydrogen-bond donors (Lipinski definition) is 2. The number of carbonyl (C=O) groups excluding carboxylic acids is 1. The Hall–Kier alpha value is -2.92. The predicted octanol–water partition coefficient (Wildman–Crippen LogP) is 4.58. The van der Waals surface area contributed by atoms with Crippen molar-refractivity contribution in [1.29, 1.82) is 0 Å². The number of fused-ring (bicyclic) bond motifs is 3. The first kappa shape index (κ1) is 19.4. The lowest BCUT2D eigenvalue weighted by Crippen LogP contribution is -2.22. The predicted molar refractivity (Wildman–Crippen MR) is 102 cm³/mol. The maximum atomic E-state index is 14.4. The van der Waals surface area contributed by atoms with E-state index in [-0.39, 0.29) is 40.1 Å². The molecular formula is C17H11ClF3N5O2S. The second kappa shape index (κ2) is 7.48. The Morgan fingerprint density at radius 3 is 2.69 bits per heavy atom. The van der Waals surface area contributed by atoms with Gasteiger partial charge in [0.05, 0.1) is 30.2 Å². The molecule has 1 unspecified atom stereocenters. The highest BCUT2D eigenvalue weighted by Crippen LogP contribution is 2.44. The summed E-state index contributed by atoms with van der Waals surface area (Å²) in [7, 11) is 1.13. The number of hydrogen-bond acceptors (Lipinski definition) is 7. The number of halogens is 4. The zero-order valence-corrected chi connectivity index (χ0v) is 16.1. The second-order valence-corrected chi connectivity index (χ2v) is 6.79. The highest BCUT2D eigenvalue weighted by atomic mass is 35.5. The largest absolute Gasteiger partial charge is 0.464 e. The van der Waals surface area contributed by atoms with Crippen LogP contribution in [-0.4, -0.2) is 27.2 Å². The lowest BCUT2D eigenvalue weighted by atomic mass is 10.1. The van der Waals surface area contributed by atoms with E-state index in [4.69, 9.17) is 16.3 Å². The summed E-state index contributed by atoms with van der Waals surface area (Å²) in [5.41, 5.74) is 0.140. The Morgan fingerprint density at radius 1 is 1.31 bits per heavy atom. The molecule has 150 valence electrons. The van der Waals surface area contributed by atoms with Crippen molar-refractivity contribution in [2.75, 3.05) is 17.7 Å². The maximum Gasteiger partial charge on any atom is 0.360 e. The van der Waals surface area contributed by atoms with E-state index in [2.05, 4.69) is 20.7 Å². The number of nitrogens with one attached hydrogen (secondary N) is 2. The molecule has 0 radical (unpaired) electrons. The second-order valence-electron chi connectivity index (χ2n) is 5.92. The standard InChI is InChI=1S/C17H11ClF3N5O2S/c1-28-17(27)14-13-15(26(25-14)29-21)7-5-11(18)22-6-10(7)23-16(24-13)12-8(19)3-2-4-9(12)20/h2-6,16,23-24H,1H3. The molecule has 0 fully saturated rings. The highest BCUT2D eigenvalue weighted by molar-refractivity contribution is 7.92. The van der Waals surface area contributed by atoms with Gasteiger partial charge in [-0.15, -0.1) is 8.98 Å². The number of rotatable bonds is 3. The maximum absolute atomic E-state index is 14.4. The van der Waals surface area contributed by atoms with Gasteiger partial charge in [-0.1, -0.05) is 17.7 Å². The van der Waals surface area contributed by atoms with E-state index < -0.39 is 23.8 Å². The summed E-state index contributed by atoms with van der Waals surface area (Å²) in [6.45, 7) is 0. The molecule has 1 aliphatic rings. The average Bonchev–Trinajstić information content (AvgIpc) is 2.98. The van der Waals surface area contributed by atoms with Gasteiger partial charge in [0, 0.05) is 5.56 Å². The molecule has 0 bridgehead atoms. The van der Waals surface area contributed by atoms with Gasteiger partial charge in [-0.05, 0) is 18.2 Å². The normalized spacial score (nSPS) is 14.9. The number of ether oxygens (including phenoxy) is 1. The number of carbonyl (C=O) groups is 1. The van der Waals surface area contributed by atoms with E-state index in [1.54, 1.807) is 0 Å². The molecule has 0 saturated heterocycles. The number of esters is 1. The van der Waals surface area contributed by atoms with Crippen molar-refractivity contribution in [2.24, 2.45) is 0 Å². The third kappa shape index (κ3) is 3.25. The quantitative estimate of drug-likeness (QED) is 0.455. The van der Waals surface area contributed by atoms with Crippen LogP contribution in [0.25, 0.3) is 11.3 Å².